The van der Waals surface area contributed by atoms with Crippen molar-refractivity contribution in [2.45, 2.75) is 19.9 Å². The fourth-order valence-electron chi connectivity index (χ4n) is 0.640. The average molecular weight is 157 g/mol. The van der Waals surface area contributed by atoms with Crippen molar-refractivity contribution in [3.05, 3.63) is 11.8 Å². The number of Topliss-reactive ketones (excluding diaryl/α,β-unsaturated/α-hetero) is 1. The van der Waals surface area contributed by atoms with Crippen LogP contribution in [0, 0.1) is 0 Å². The monoisotopic (exact) mass is 157 g/mol. The summed E-state index contributed by atoms with van der Waals surface area (Å²) in [5, 5.41) is 2.98. The maximum Gasteiger partial charge on any atom is 0.193 e. The van der Waals surface area contributed by atoms with Crippen molar-refractivity contribution in [3.8, 4) is 0 Å². The zero-order valence-corrected chi connectivity index (χ0v) is 7.47. The van der Waals surface area contributed by atoms with Crippen molar-refractivity contribution in [3.63, 3.8) is 0 Å². The van der Waals surface area contributed by atoms with Crippen molar-refractivity contribution in [1.82, 2.24) is 5.32 Å². The van der Waals surface area contributed by atoms with Crippen LogP contribution in [0.1, 0.15) is 13.8 Å². The Hall–Kier alpha value is -0.830. The van der Waals surface area contributed by atoms with Crippen LogP contribution in [0.15, 0.2) is 11.8 Å². The van der Waals surface area contributed by atoms with Gasteiger partial charge in [0.2, 0.25) is 0 Å². The fraction of sp³-hybridized carbons (Fsp3) is 0.625. The third kappa shape index (κ3) is 3.78. The zero-order valence-electron chi connectivity index (χ0n) is 7.47. The summed E-state index contributed by atoms with van der Waals surface area (Å²) >= 11 is 0. The molecule has 0 bridgehead atoms. The van der Waals surface area contributed by atoms with E-state index < -0.39 is 0 Å². The van der Waals surface area contributed by atoms with Gasteiger partial charge in [-0.2, -0.15) is 0 Å². The smallest absolute Gasteiger partial charge is 0.193 e. The van der Waals surface area contributed by atoms with E-state index in [9.17, 15) is 4.79 Å². The highest BCUT2D eigenvalue weighted by Crippen LogP contribution is 1.98. The van der Waals surface area contributed by atoms with E-state index in [0.29, 0.717) is 5.76 Å². The standard InChI is InChI=1S/C8H15NO2/c1-6(9-3)5-8(11-4)7(2)10/h5-6,9H,1-4H3. The molecular weight excluding hydrogens is 142 g/mol. The SMILES string of the molecule is CNC(C)C=C(OC)C(C)=O. The van der Waals surface area contributed by atoms with E-state index in [1.165, 1.54) is 14.0 Å². The minimum absolute atomic E-state index is 0.0467. The third-order valence-corrected chi connectivity index (χ3v) is 1.42. The number of ketones is 1. The van der Waals surface area contributed by atoms with Crippen LogP contribution < -0.4 is 5.32 Å². The quantitative estimate of drug-likeness (QED) is 0.482. The molecule has 0 rings (SSSR count). The number of carbonyl (C=O) groups excluding carboxylic acids is 1. The van der Waals surface area contributed by atoms with Gasteiger partial charge < -0.3 is 10.1 Å². The molecule has 64 valence electrons. The van der Waals surface area contributed by atoms with Gasteiger partial charge in [0.05, 0.1) is 7.11 Å². The van der Waals surface area contributed by atoms with Crippen molar-refractivity contribution in [2.24, 2.45) is 0 Å². The van der Waals surface area contributed by atoms with Crippen molar-refractivity contribution in [1.29, 1.82) is 0 Å². The molecule has 1 N–H and O–H groups in total. The molecule has 1 unspecified atom stereocenters. The van der Waals surface area contributed by atoms with E-state index in [1.807, 2.05) is 14.0 Å². The number of likely N-dealkylation sites (N-methyl/N-ethyl adjacent to an activating group) is 1. The Labute approximate surface area is 67.4 Å². The van der Waals surface area contributed by atoms with Crippen LogP contribution in [-0.2, 0) is 9.53 Å². The van der Waals surface area contributed by atoms with Gasteiger partial charge in [-0.3, -0.25) is 4.79 Å². The normalized spacial score (nSPS) is 14.4. The van der Waals surface area contributed by atoms with Crippen LogP contribution in [0.3, 0.4) is 0 Å². The Morgan fingerprint density at radius 3 is 2.45 bits per heavy atom. The molecule has 0 aromatic carbocycles. The summed E-state index contributed by atoms with van der Waals surface area (Å²) in [6, 6.07) is 0.161. The Kier molecular flexibility index (Phi) is 4.54. The summed E-state index contributed by atoms with van der Waals surface area (Å²) in [6.45, 7) is 3.43. The first-order chi connectivity index (χ1) is 5.11. The largest absolute Gasteiger partial charge is 0.493 e. The molecule has 1 atom stereocenters. The van der Waals surface area contributed by atoms with E-state index in [0.717, 1.165) is 0 Å². The van der Waals surface area contributed by atoms with E-state index >= 15 is 0 Å². The summed E-state index contributed by atoms with van der Waals surface area (Å²) in [7, 11) is 3.32. The number of ether oxygens (including phenoxy) is 1. The molecule has 0 spiro atoms. The summed E-state index contributed by atoms with van der Waals surface area (Å²) in [6.07, 6.45) is 1.75. The maximum absolute atomic E-state index is 10.8. The second-order valence-electron chi connectivity index (χ2n) is 2.37. The van der Waals surface area contributed by atoms with Crippen molar-refractivity contribution < 1.29 is 9.53 Å². The van der Waals surface area contributed by atoms with Gasteiger partial charge >= 0.3 is 0 Å². The van der Waals surface area contributed by atoms with Gasteiger partial charge in [-0.05, 0) is 20.0 Å². The van der Waals surface area contributed by atoms with E-state index in [2.05, 4.69) is 5.32 Å². The number of hydrogen-bond acceptors (Lipinski definition) is 3. The predicted octanol–water partition coefficient (Wildman–Crippen LogP) is 0.714. The number of rotatable bonds is 4. The number of carbonyl (C=O) groups is 1. The van der Waals surface area contributed by atoms with Crippen LogP contribution in [0.2, 0.25) is 0 Å². The predicted molar refractivity (Wildman–Crippen MR) is 44.3 cm³/mol. The molecule has 11 heavy (non-hydrogen) atoms. The summed E-state index contributed by atoms with van der Waals surface area (Å²) in [5.41, 5.74) is 0. The Balaban J connectivity index is 4.22. The van der Waals surface area contributed by atoms with Gasteiger partial charge in [0.1, 0.15) is 0 Å². The van der Waals surface area contributed by atoms with Gasteiger partial charge in [0.25, 0.3) is 0 Å². The van der Waals surface area contributed by atoms with Crippen molar-refractivity contribution >= 4 is 5.78 Å². The number of hydrogen-bond donors (Lipinski definition) is 1. The minimum Gasteiger partial charge on any atom is -0.493 e. The lowest BCUT2D eigenvalue weighted by molar-refractivity contribution is -0.116. The maximum atomic E-state index is 10.8. The summed E-state index contributed by atoms with van der Waals surface area (Å²) in [4.78, 5) is 10.8. The molecule has 0 aromatic rings. The molecule has 3 nitrogen and oxygen atoms in total. The van der Waals surface area contributed by atoms with E-state index in [-0.39, 0.29) is 11.8 Å². The molecule has 0 saturated heterocycles. The lowest BCUT2D eigenvalue weighted by Gasteiger charge is -2.06. The molecular formula is C8H15NO2. The molecule has 0 aliphatic heterocycles. The van der Waals surface area contributed by atoms with Gasteiger partial charge in [-0.1, -0.05) is 0 Å². The Morgan fingerprint density at radius 2 is 2.18 bits per heavy atom. The Bertz CT molecular complexity index is 163. The Morgan fingerprint density at radius 1 is 1.64 bits per heavy atom. The summed E-state index contributed by atoms with van der Waals surface area (Å²) < 4.78 is 4.86. The second kappa shape index (κ2) is 4.91. The van der Waals surface area contributed by atoms with Gasteiger partial charge in [-0.25, -0.2) is 0 Å². The van der Waals surface area contributed by atoms with Gasteiger partial charge in [0, 0.05) is 13.0 Å². The van der Waals surface area contributed by atoms with Crippen LogP contribution in [-0.4, -0.2) is 26.0 Å². The van der Waals surface area contributed by atoms with Crippen LogP contribution in [0.25, 0.3) is 0 Å². The van der Waals surface area contributed by atoms with Crippen molar-refractivity contribution in [2.75, 3.05) is 14.2 Å². The highest BCUT2D eigenvalue weighted by molar-refractivity contribution is 5.91. The first-order valence-electron chi connectivity index (χ1n) is 3.55. The lowest BCUT2D eigenvalue weighted by Crippen LogP contribution is -2.20. The molecule has 0 aliphatic carbocycles. The molecule has 0 saturated carbocycles. The third-order valence-electron chi connectivity index (χ3n) is 1.42. The van der Waals surface area contributed by atoms with Gasteiger partial charge in [0.15, 0.2) is 11.5 Å². The molecule has 0 heterocycles. The zero-order chi connectivity index (χ0) is 8.85. The molecule has 0 amide bonds. The first-order valence-corrected chi connectivity index (χ1v) is 3.55. The highest BCUT2D eigenvalue weighted by Gasteiger charge is 2.03. The highest BCUT2D eigenvalue weighted by atomic mass is 16.5. The number of methoxy groups -OCH3 is 1. The summed E-state index contributed by atoms with van der Waals surface area (Å²) in [5.74, 6) is 0.362. The molecule has 0 aromatic heterocycles. The van der Waals surface area contributed by atoms with Crippen LogP contribution in [0.4, 0.5) is 0 Å². The first kappa shape index (κ1) is 10.2. The van der Waals surface area contributed by atoms with E-state index in [1.54, 1.807) is 6.08 Å². The fourth-order valence-corrected chi connectivity index (χ4v) is 0.640. The van der Waals surface area contributed by atoms with Crippen LogP contribution >= 0.6 is 0 Å². The molecule has 0 aliphatic rings. The van der Waals surface area contributed by atoms with Gasteiger partial charge in [-0.15, -0.1) is 0 Å². The lowest BCUT2D eigenvalue weighted by atomic mass is 10.2. The molecule has 0 fully saturated rings. The number of nitrogens with one attached hydrogen (secondary N) is 1. The average Bonchev–Trinajstić information content (AvgIpc) is 1.99. The number of allylic oxidation sites excluding steroid dienone is 1. The topological polar surface area (TPSA) is 38.3 Å². The van der Waals surface area contributed by atoms with E-state index in [4.69, 9.17) is 4.74 Å². The van der Waals surface area contributed by atoms with Crippen LogP contribution in [0.5, 0.6) is 0 Å². The molecule has 3 heteroatoms. The molecule has 0 radical (unpaired) electrons. The minimum atomic E-state index is -0.0467. The second-order valence-corrected chi connectivity index (χ2v) is 2.37.